The van der Waals surface area contributed by atoms with E-state index in [0.717, 1.165) is 5.75 Å². The summed E-state index contributed by atoms with van der Waals surface area (Å²) in [5.74, 6) is 2.36. The van der Waals surface area contributed by atoms with E-state index < -0.39 is 12.1 Å². The third-order valence-corrected chi connectivity index (χ3v) is 5.69. The van der Waals surface area contributed by atoms with Crippen LogP contribution in [0.5, 0.6) is 23.0 Å². The van der Waals surface area contributed by atoms with Crippen LogP contribution in [0.2, 0.25) is 0 Å². The molecule has 3 N–H and O–H groups in total. The number of carbonyl (C=O) groups is 1. The zero-order valence-corrected chi connectivity index (χ0v) is 18.6. The lowest BCUT2D eigenvalue weighted by molar-refractivity contribution is -0.123. The van der Waals surface area contributed by atoms with Crippen LogP contribution in [-0.2, 0) is 4.79 Å². The summed E-state index contributed by atoms with van der Waals surface area (Å²) in [4.78, 5) is 14.6. The second-order valence-electron chi connectivity index (χ2n) is 8.17. The number of methoxy groups -OCH3 is 1. The monoisotopic (exact) mass is 474 g/mol. The molecule has 1 fully saturated rings. The van der Waals surface area contributed by atoms with E-state index >= 15 is 0 Å². The van der Waals surface area contributed by atoms with Crippen molar-refractivity contribution in [1.29, 1.82) is 0 Å². The first kappa shape index (κ1) is 25.6. The topological polar surface area (TPSA) is 110 Å². The Morgan fingerprint density at radius 2 is 1.79 bits per heavy atom. The van der Waals surface area contributed by atoms with Crippen molar-refractivity contribution >= 4 is 5.91 Å². The van der Waals surface area contributed by atoms with Crippen molar-refractivity contribution in [2.45, 2.75) is 32.1 Å². The summed E-state index contributed by atoms with van der Waals surface area (Å²) in [5, 5.41) is 23.6. The van der Waals surface area contributed by atoms with Crippen LogP contribution < -0.4 is 24.3 Å². The predicted molar refractivity (Wildman–Crippen MR) is 127 cm³/mol. The van der Waals surface area contributed by atoms with Gasteiger partial charge in [-0.3, -0.25) is 9.69 Å². The molecule has 2 aliphatic heterocycles. The molecule has 0 saturated carbocycles. The van der Waals surface area contributed by atoms with Crippen LogP contribution in [-0.4, -0.2) is 79.7 Å². The van der Waals surface area contributed by atoms with Crippen molar-refractivity contribution in [2.24, 2.45) is 0 Å². The number of aliphatic hydroxyl groups is 2. The largest absolute Gasteiger partial charge is 0.497 e. The first-order valence-corrected chi connectivity index (χ1v) is 11.1. The molecule has 9 nitrogen and oxygen atoms in total. The fourth-order valence-electron chi connectivity index (χ4n) is 3.88. The number of hydrogen-bond acceptors (Lipinski definition) is 8. The molecule has 0 bridgehead atoms. The summed E-state index contributed by atoms with van der Waals surface area (Å²) in [7, 11) is 1.59. The number of carbonyl (C=O) groups excluding carboxylic acids is 1. The van der Waals surface area contributed by atoms with Crippen LogP contribution in [0.1, 0.15) is 25.5 Å². The number of ether oxygens (including phenoxy) is 4. The Balaban J connectivity index is 0.00000324. The zero-order valence-electron chi connectivity index (χ0n) is 18.6. The second kappa shape index (κ2) is 11.9. The van der Waals surface area contributed by atoms with E-state index in [2.05, 4.69) is 5.32 Å². The molecule has 0 unspecified atom stereocenters. The van der Waals surface area contributed by atoms with E-state index in [1.54, 1.807) is 49.6 Å². The molecule has 0 aromatic heterocycles. The molecule has 34 heavy (non-hydrogen) atoms. The average molecular weight is 475 g/mol. The van der Waals surface area contributed by atoms with Gasteiger partial charge in [-0.05, 0) is 42.0 Å². The van der Waals surface area contributed by atoms with Crippen molar-refractivity contribution < 1.29 is 34.0 Å². The molecule has 186 valence electrons. The molecule has 0 aliphatic carbocycles. The Morgan fingerprint density at radius 3 is 2.47 bits per heavy atom. The van der Waals surface area contributed by atoms with E-state index in [0.29, 0.717) is 55.7 Å². The van der Waals surface area contributed by atoms with Gasteiger partial charge in [0.15, 0.2) is 11.5 Å². The quantitative estimate of drug-likeness (QED) is 0.478. The summed E-state index contributed by atoms with van der Waals surface area (Å²) < 4.78 is 21.9. The highest BCUT2D eigenvalue weighted by atomic mass is 16.6. The van der Waals surface area contributed by atoms with Crippen LogP contribution in [0.3, 0.4) is 0 Å². The molecule has 1 saturated heterocycles. The van der Waals surface area contributed by atoms with Crippen LogP contribution in [0.25, 0.3) is 0 Å². The Bertz CT molecular complexity index is 931. The normalized spacial score (nSPS) is 17.0. The molecular formula is C25H34N2O7. The molecule has 4 rings (SSSR count). The van der Waals surface area contributed by atoms with Gasteiger partial charge in [0.2, 0.25) is 5.91 Å². The summed E-state index contributed by atoms with van der Waals surface area (Å²) >= 11 is 0. The fourth-order valence-corrected chi connectivity index (χ4v) is 3.88. The summed E-state index contributed by atoms with van der Waals surface area (Å²) in [6, 6.07) is 11.9. The van der Waals surface area contributed by atoms with E-state index in [-0.39, 0.29) is 32.5 Å². The second-order valence-corrected chi connectivity index (χ2v) is 8.17. The molecule has 2 atom stereocenters. The van der Waals surface area contributed by atoms with Crippen molar-refractivity contribution in [3.63, 3.8) is 0 Å². The van der Waals surface area contributed by atoms with Crippen LogP contribution >= 0.6 is 0 Å². The van der Waals surface area contributed by atoms with E-state index in [1.165, 1.54) is 0 Å². The molecule has 9 heteroatoms. The Hall–Kier alpha value is -3.01. The third-order valence-electron chi connectivity index (χ3n) is 5.69. The molecule has 2 aromatic rings. The lowest BCUT2D eigenvalue weighted by Gasteiger charge is -2.39. The van der Waals surface area contributed by atoms with Crippen molar-refractivity contribution in [2.75, 3.05) is 46.6 Å². The highest BCUT2D eigenvalue weighted by molar-refractivity contribution is 5.76. The maximum absolute atomic E-state index is 12.6. The van der Waals surface area contributed by atoms with Crippen molar-refractivity contribution in [3.8, 4) is 23.0 Å². The summed E-state index contributed by atoms with van der Waals surface area (Å²) in [6.45, 7) is 2.59. The predicted octanol–water partition coefficient (Wildman–Crippen LogP) is 1.77. The molecule has 2 aliphatic rings. The van der Waals surface area contributed by atoms with Crippen LogP contribution in [0.4, 0.5) is 0 Å². The number of nitrogens with zero attached hydrogens (tertiary/aromatic N) is 1. The minimum atomic E-state index is -0.954. The molecule has 2 aromatic carbocycles. The van der Waals surface area contributed by atoms with Gasteiger partial charge < -0.3 is 34.5 Å². The van der Waals surface area contributed by atoms with Gasteiger partial charge in [-0.15, -0.1) is 0 Å². The standard InChI is InChI=1S/C24H30N2O7.CH4/c1-30-18-3-5-19(6-4-18)31-9-8-23(28)25-20(15-26-13-17(27)14-26)24(29)16-2-7-21-22(12-16)33-11-10-32-21;/h2-7,12,17,20,24,27,29H,8-11,13-15H2,1H3,(H,25,28);1H4/t20-,24-;/m1./s1. The van der Waals surface area contributed by atoms with Crippen molar-refractivity contribution in [3.05, 3.63) is 48.0 Å². The van der Waals surface area contributed by atoms with E-state index in [1.807, 2.05) is 4.90 Å². The van der Waals surface area contributed by atoms with Gasteiger partial charge in [0, 0.05) is 19.6 Å². The Kier molecular flexibility index (Phi) is 8.98. The minimum Gasteiger partial charge on any atom is -0.497 e. The van der Waals surface area contributed by atoms with Gasteiger partial charge >= 0.3 is 0 Å². The number of fused-ring (bicyclic) bond motifs is 1. The lowest BCUT2D eigenvalue weighted by Crippen LogP contribution is -2.57. The highest BCUT2D eigenvalue weighted by Gasteiger charge is 2.31. The minimum absolute atomic E-state index is 0. The number of nitrogens with one attached hydrogen (secondary N) is 1. The number of amides is 1. The number of aliphatic hydroxyl groups excluding tert-OH is 2. The van der Waals surface area contributed by atoms with E-state index in [9.17, 15) is 15.0 Å². The molecule has 1 amide bonds. The first-order valence-electron chi connectivity index (χ1n) is 11.1. The summed E-state index contributed by atoms with van der Waals surface area (Å²) in [5.41, 5.74) is 0.625. The van der Waals surface area contributed by atoms with Crippen LogP contribution in [0, 0.1) is 0 Å². The molecular weight excluding hydrogens is 440 g/mol. The van der Waals surface area contributed by atoms with Gasteiger partial charge in [0.05, 0.1) is 32.3 Å². The third kappa shape index (κ3) is 6.53. The molecule has 0 spiro atoms. The van der Waals surface area contributed by atoms with Gasteiger partial charge in [0.1, 0.15) is 30.8 Å². The maximum Gasteiger partial charge on any atom is 0.223 e. The highest BCUT2D eigenvalue weighted by Crippen LogP contribution is 2.33. The molecule has 2 heterocycles. The van der Waals surface area contributed by atoms with Crippen LogP contribution in [0.15, 0.2) is 42.5 Å². The number of likely N-dealkylation sites (tertiary alicyclic amines) is 1. The Labute approximate surface area is 200 Å². The number of hydrogen-bond donors (Lipinski definition) is 3. The number of β-amino-alcohol motifs (C(OH)–C–C–N with tert-alkyl or cyclic N) is 1. The Morgan fingerprint density at radius 1 is 1.12 bits per heavy atom. The van der Waals surface area contributed by atoms with Crippen molar-refractivity contribution in [1.82, 2.24) is 10.2 Å². The van der Waals surface area contributed by atoms with E-state index in [4.69, 9.17) is 18.9 Å². The maximum atomic E-state index is 12.6. The SMILES string of the molecule is C.COc1ccc(OCCC(=O)N[C@H](CN2CC(O)C2)[C@H](O)c2ccc3c(c2)OCCO3)cc1. The number of rotatable bonds is 10. The molecule has 0 radical (unpaired) electrons. The van der Waals surface area contributed by atoms with Gasteiger partial charge in [0.25, 0.3) is 0 Å². The zero-order chi connectivity index (χ0) is 23.2. The lowest BCUT2D eigenvalue weighted by atomic mass is 9.99. The average Bonchev–Trinajstić information content (AvgIpc) is 2.82. The van der Waals surface area contributed by atoms with Gasteiger partial charge in [-0.2, -0.15) is 0 Å². The fraction of sp³-hybridized carbons (Fsp3) is 0.480. The van der Waals surface area contributed by atoms with Gasteiger partial charge in [-0.25, -0.2) is 0 Å². The smallest absolute Gasteiger partial charge is 0.223 e. The number of benzene rings is 2. The van der Waals surface area contributed by atoms with Gasteiger partial charge in [-0.1, -0.05) is 13.5 Å². The first-order chi connectivity index (χ1) is 16.0. The summed E-state index contributed by atoms with van der Waals surface area (Å²) in [6.07, 6.45) is -1.19.